The summed E-state index contributed by atoms with van der Waals surface area (Å²) in [5.41, 5.74) is 2.06. The SMILES string of the molecule is CO[C@@H]1[C@@H]([Se]c2ccccc2)CC(C#N)=CN1Cc1ccccc1. The molecule has 0 unspecified atom stereocenters. The Morgan fingerprint density at radius 1 is 1.12 bits per heavy atom. The summed E-state index contributed by atoms with van der Waals surface area (Å²) < 4.78 is 7.18. The molecule has 3 nitrogen and oxygen atoms in total. The number of hydrogen-bond donors (Lipinski definition) is 0. The molecule has 0 saturated carbocycles. The Morgan fingerprint density at radius 3 is 2.42 bits per heavy atom. The fourth-order valence-corrected chi connectivity index (χ4v) is 5.67. The van der Waals surface area contributed by atoms with E-state index in [1.807, 2.05) is 30.5 Å². The Kier molecular flexibility index (Phi) is 5.72. The average molecular weight is 383 g/mol. The van der Waals surface area contributed by atoms with Crippen molar-refractivity contribution in [1.29, 1.82) is 5.26 Å². The van der Waals surface area contributed by atoms with Gasteiger partial charge in [-0.05, 0) is 0 Å². The molecule has 2 aromatic carbocycles. The maximum atomic E-state index is 9.44. The molecule has 0 saturated heterocycles. The third kappa shape index (κ3) is 4.07. The molecule has 0 spiro atoms. The molecule has 1 aliphatic rings. The first-order valence-electron chi connectivity index (χ1n) is 7.95. The van der Waals surface area contributed by atoms with Crippen LogP contribution in [-0.2, 0) is 11.3 Å². The Balaban J connectivity index is 1.83. The van der Waals surface area contributed by atoms with Crippen molar-refractivity contribution in [1.82, 2.24) is 4.90 Å². The van der Waals surface area contributed by atoms with Crippen LogP contribution in [0.4, 0.5) is 0 Å². The molecule has 2 aromatic rings. The van der Waals surface area contributed by atoms with Gasteiger partial charge in [0.1, 0.15) is 0 Å². The monoisotopic (exact) mass is 384 g/mol. The zero-order chi connectivity index (χ0) is 16.8. The van der Waals surface area contributed by atoms with E-state index in [4.69, 9.17) is 4.74 Å². The quantitative estimate of drug-likeness (QED) is 0.745. The van der Waals surface area contributed by atoms with Crippen LogP contribution in [0.1, 0.15) is 12.0 Å². The number of rotatable bonds is 5. The second kappa shape index (κ2) is 8.17. The van der Waals surface area contributed by atoms with Crippen LogP contribution >= 0.6 is 0 Å². The van der Waals surface area contributed by atoms with Crippen molar-refractivity contribution in [2.45, 2.75) is 24.0 Å². The minimum absolute atomic E-state index is 0.00233. The Morgan fingerprint density at radius 2 is 1.79 bits per heavy atom. The summed E-state index contributed by atoms with van der Waals surface area (Å²) in [6.07, 6.45) is 2.76. The van der Waals surface area contributed by atoms with Crippen LogP contribution in [0, 0.1) is 11.3 Å². The first kappa shape index (κ1) is 16.8. The van der Waals surface area contributed by atoms with Gasteiger partial charge in [0.05, 0.1) is 0 Å². The number of allylic oxidation sites excluding steroid dienone is 1. The van der Waals surface area contributed by atoms with Crippen molar-refractivity contribution in [3.8, 4) is 6.07 Å². The minimum atomic E-state index is 0.00233. The number of methoxy groups -OCH3 is 1. The van der Waals surface area contributed by atoms with Gasteiger partial charge in [-0.15, -0.1) is 0 Å². The molecule has 0 N–H and O–H groups in total. The fourth-order valence-electron chi connectivity index (χ4n) is 2.92. The molecule has 4 heteroatoms. The summed E-state index contributed by atoms with van der Waals surface area (Å²) >= 11 is 0.257. The zero-order valence-electron chi connectivity index (χ0n) is 13.6. The van der Waals surface area contributed by atoms with Gasteiger partial charge in [-0.2, -0.15) is 0 Å². The van der Waals surface area contributed by atoms with Crippen LogP contribution in [0.25, 0.3) is 0 Å². The van der Waals surface area contributed by atoms with E-state index in [1.54, 1.807) is 7.11 Å². The van der Waals surface area contributed by atoms with Gasteiger partial charge in [0.15, 0.2) is 0 Å². The van der Waals surface area contributed by atoms with Gasteiger partial charge in [0.25, 0.3) is 0 Å². The van der Waals surface area contributed by atoms with Gasteiger partial charge >= 0.3 is 150 Å². The molecule has 0 bridgehead atoms. The molecule has 0 amide bonds. The standard InChI is InChI=1S/C20H20N2OSe/c1-23-20-19(24-18-10-6-3-7-11-18)12-17(13-21)15-22(20)14-16-8-4-2-5-9-16/h2-11,15,19-20H,12,14H2,1H3/t19-,20+/m0/s1. The Labute approximate surface area is 149 Å². The molecule has 1 heterocycles. The number of nitriles is 1. The number of ether oxygens (including phenoxy) is 1. The van der Waals surface area contributed by atoms with E-state index < -0.39 is 0 Å². The third-order valence-corrected chi connectivity index (χ3v) is 6.63. The molecule has 1 aliphatic heterocycles. The van der Waals surface area contributed by atoms with Crippen LogP contribution in [0.2, 0.25) is 4.82 Å². The van der Waals surface area contributed by atoms with E-state index in [2.05, 4.69) is 47.4 Å². The third-order valence-electron chi connectivity index (χ3n) is 4.01. The van der Waals surface area contributed by atoms with E-state index in [0.717, 1.165) is 18.5 Å². The summed E-state index contributed by atoms with van der Waals surface area (Å²) in [6, 6.07) is 23.2. The first-order chi connectivity index (χ1) is 11.8. The predicted octanol–water partition coefficient (Wildman–Crippen LogP) is 3.09. The summed E-state index contributed by atoms with van der Waals surface area (Å²) in [5.74, 6) is 0. The van der Waals surface area contributed by atoms with Gasteiger partial charge in [-0.3, -0.25) is 0 Å². The van der Waals surface area contributed by atoms with Crippen LogP contribution in [0.15, 0.2) is 72.4 Å². The van der Waals surface area contributed by atoms with Crippen molar-refractivity contribution in [2.75, 3.05) is 7.11 Å². The molecule has 122 valence electrons. The topological polar surface area (TPSA) is 36.3 Å². The average Bonchev–Trinajstić information content (AvgIpc) is 2.63. The van der Waals surface area contributed by atoms with Crippen molar-refractivity contribution in [2.24, 2.45) is 0 Å². The van der Waals surface area contributed by atoms with Gasteiger partial charge in [0.2, 0.25) is 0 Å². The van der Waals surface area contributed by atoms with Crippen LogP contribution in [0.5, 0.6) is 0 Å². The van der Waals surface area contributed by atoms with Crippen molar-refractivity contribution in [3.05, 3.63) is 78.0 Å². The molecule has 0 aliphatic carbocycles. The van der Waals surface area contributed by atoms with Crippen molar-refractivity contribution >= 4 is 19.4 Å². The molecular formula is C20H20N2OSe. The van der Waals surface area contributed by atoms with E-state index >= 15 is 0 Å². The molecule has 3 rings (SSSR count). The molecule has 0 radical (unpaired) electrons. The van der Waals surface area contributed by atoms with E-state index in [0.29, 0.717) is 4.82 Å². The zero-order valence-corrected chi connectivity index (χ0v) is 15.3. The van der Waals surface area contributed by atoms with Crippen LogP contribution in [-0.4, -0.2) is 33.2 Å². The van der Waals surface area contributed by atoms with E-state index in [1.165, 1.54) is 10.0 Å². The van der Waals surface area contributed by atoms with Gasteiger partial charge < -0.3 is 0 Å². The molecular weight excluding hydrogens is 363 g/mol. The summed E-state index contributed by atoms with van der Waals surface area (Å²) in [5, 5.41) is 9.44. The molecule has 0 aromatic heterocycles. The molecule has 24 heavy (non-hydrogen) atoms. The van der Waals surface area contributed by atoms with E-state index in [-0.39, 0.29) is 21.2 Å². The van der Waals surface area contributed by atoms with Gasteiger partial charge in [-0.25, -0.2) is 0 Å². The fraction of sp³-hybridized carbons (Fsp3) is 0.250. The molecule has 2 atom stereocenters. The predicted molar refractivity (Wildman–Crippen MR) is 96.7 cm³/mol. The summed E-state index contributed by atoms with van der Waals surface area (Å²) in [4.78, 5) is 2.50. The first-order valence-corrected chi connectivity index (χ1v) is 9.79. The summed E-state index contributed by atoms with van der Waals surface area (Å²) in [6.45, 7) is 0.756. The Hall–Kier alpha value is -2.05. The second-order valence-corrected chi connectivity index (χ2v) is 8.48. The molecule has 0 fully saturated rings. The number of hydrogen-bond acceptors (Lipinski definition) is 3. The van der Waals surface area contributed by atoms with E-state index in [9.17, 15) is 5.26 Å². The van der Waals surface area contributed by atoms with Crippen LogP contribution in [0.3, 0.4) is 0 Å². The number of nitrogens with zero attached hydrogens (tertiary/aromatic N) is 2. The van der Waals surface area contributed by atoms with Gasteiger partial charge in [-0.1, -0.05) is 0 Å². The van der Waals surface area contributed by atoms with Gasteiger partial charge in [0, 0.05) is 0 Å². The maximum absolute atomic E-state index is 9.44. The summed E-state index contributed by atoms with van der Waals surface area (Å²) in [7, 11) is 1.77. The number of benzene rings is 2. The second-order valence-electron chi connectivity index (χ2n) is 5.72. The van der Waals surface area contributed by atoms with Crippen molar-refractivity contribution < 1.29 is 4.74 Å². The Bertz CT molecular complexity index is 724. The normalized spacial score (nSPS) is 20.3. The van der Waals surface area contributed by atoms with Crippen molar-refractivity contribution in [3.63, 3.8) is 0 Å². The van der Waals surface area contributed by atoms with Crippen LogP contribution < -0.4 is 4.46 Å².